The average molecular weight is 301 g/mol. The van der Waals surface area contributed by atoms with Crippen LogP contribution in [0.4, 0.5) is 0 Å². The molecule has 21 heavy (non-hydrogen) atoms. The van der Waals surface area contributed by atoms with Gasteiger partial charge in [0.2, 0.25) is 0 Å². The van der Waals surface area contributed by atoms with Crippen LogP contribution < -0.4 is 10.1 Å². The summed E-state index contributed by atoms with van der Waals surface area (Å²) >= 11 is 1.38. The topological polar surface area (TPSA) is 58.6 Å². The number of hydrogen-bond donors (Lipinski definition) is 2. The Morgan fingerprint density at radius 2 is 2.14 bits per heavy atom. The van der Waals surface area contributed by atoms with Crippen LogP contribution in [0.3, 0.4) is 0 Å². The van der Waals surface area contributed by atoms with Gasteiger partial charge in [-0.1, -0.05) is 30.0 Å². The molecule has 0 aliphatic carbocycles. The Morgan fingerprint density at radius 3 is 2.90 bits per heavy atom. The molecule has 2 aromatic rings. The highest BCUT2D eigenvalue weighted by molar-refractivity contribution is 7.10. The number of para-hydroxylation sites is 1. The Bertz CT molecular complexity index is 640. The lowest BCUT2D eigenvalue weighted by atomic mass is 10.3. The first-order valence-corrected chi connectivity index (χ1v) is 7.32. The third-order valence-electron chi connectivity index (χ3n) is 2.55. The quantitative estimate of drug-likeness (QED) is 0.655. The maximum absolute atomic E-state index is 11.9. The van der Waals surface area contributed by atoms with Crippen LogP contribution in [0, 0.1) is 11.8 Å². The molecule has 1 aromatic heterocycles. The molecule has 1 amide bonds. The number of benzene rings is 1. The van der Waals surface area contributed by atoms with E-state index in [0.29, 0.717) is 18.7 Å². The van der Waals surface area contributed by atoms with Crippen molar-refractivity contribution in [2.24, 2.45) is 0 Å². The zero-order chi connectivity index (χ0) is 14.9. The van der Waals surface area contributed by atoms with E-state index in [1.54, 1.807) is 11.4 Å². The van der Waals surface area contributed by atoms with Gasteiger partial charge >= 0.3 is 0 Å². The number of hydrogen-bond acceptors (Lipinski definition) is 4. The van der Waals surface area contributed by atoms with Gasteiger partial charge < -0.3 is 15.2 Å². The molecule has 0 saturated carbocycles. The molecule has 0 aliphatic rings. The van der Waals surface area contributed by atoms with E-state index < -0.39 is 0 Å². The number of nitrogens with one attached hydrogen (secondary N) is 1. The van der Waals surface area contributed by atoms with Gasteiger partial charge in [-0.2, -0.15) is 0 Å². The highest BCUT2D eigenvalue weighted by atomic mass is 32.1. The monoisotopic (exact) mass is 301 g/mol. The Balaban J connectivity index is 1.75. The second kappa shape index (κ2) is 8.10. The van der Waals surface area contributed by atoms with Crippen molar-refractivity contribution in [1.29, 1.82) is 0 Å². The summed E-state index contributed by atoms with van der Waals surface area (Å²) in [6, 6.07) is 11.2. The minimum Gasteiger partial charge on any atom is -0.492 e. The van der Waals surface area contributed by atoms with Gasteiger partial charge in [0.1, 0.15) is 19.0 Å². The van der Waals surface area contributed by atoms with Gasteiger partial charge in [-0.05, 0) is 18.2 Å². The normalized spacial score (nSPS) is 9.57. The Morgan fingerprint density at radius 1 is 1.33 bits per heavy atom. The van der Waals surface area contributed by atoms with Crippen molar-refractivity contribution < 1.29 is 14.6 Å². The SMILES string of the molecule is O=C(NCCOc1ccccc1)c1csc(C#CCO)c1. The molecule has 108 valence electrons. The first-order valence-electron chi connectivity index (χ1n) is 6.44. The molecular formula is C16H15NO3S. The highest BCUT2D eigenvalue weighted by Gasteiger charge is 2.07. The van der Waals surface area contributed by atoms with Crippen molar-refractivity contribution in [3.05, 3.63) is 52.2 Å². The number of amides is 1. The van der Waals surface area contributed by atoms with Gasteiger partial charge in [0.15, 0.2) is 0 Å². The second-order valence-electron chi connectivity index (χ2n) is 4.08. The fourth-order valence-electron chi connectivity index (χ4n) is 1.60. The summed E-state index contributed by atoms with van der Waals surface area (Å²) in [6.07, 6.45) is 0. The van der Waals surface area contributed by atoms with Gasteiger partial charge in [-0.3, -0.25) is 4.79 Å². The van der Waals surface area contributed by atoms with E-state index in [1.807, 2.05) is 30.3 Å². The van der Waals surface area contributed by atoms with Crippen LogP contribution in [0.15, 0.2) is 41.8 Å². The number of carbonyl (C=O) groups is 1. The van der Waals surface area contributed by atoms with Crippen molar-refractivity contribution in [3.63, 3.8) is 0 Å². The van der Waals surface area contributed by atoms with Crippen LogP contribution >= 0.6 is 11.3 Å². The van der Waals surface area contributed by atoms with Crippen molar-refractivity contribution in [3.8, 4) is 17.6 Å². The first kappa shape index (κ1) is 15.1. The predicted octanol–water partition coefficient (Wildman–Crippen LogP) is 1.90. The lowest BCUT2D eigenvalue weighted by molar-refractivity contribution is 0.0947. The molecule has 0 bridgehead atoms. The van der Waals surface area contributed by atoms with Crippen molar-refractivity contribution in [1.82, 2.24) is 5.32 Å². The molecule has 0 saturated heterocycles. The molecule has 4 nitrogen and oxygen atoms in total. The van der Waals surface area contributed by atoms with E-state index >= 15 is 0 Å². The molecule has 0 spiro atoms. The molecule has 1 aromatic carbocycles. The van der Waals surface area contributed by atoms with Gasteiger partial charge in [-0.25, -0.2) is 0 Å². The lowest BCUT2D eigenvalue weighted by Gasteiger charge is -2.06. The summed E-state index contributed by atoms with van der Waals surface area (Å²) in [4.78, 5) is 12.6. The maximum Gasteiger partial charge on any atom is 0.252 e. The number of ether oxygens (including phenoxy) is 1. The minimum absolute atomic E-state index is 0.153. The summed E-state index contributed by atoms with van der Waals surface area (Å²) in [6.45, 7) is 0.661. The van der Waals surface area contributed by atoms with Crippen LogP contribution in [0.25, 0.3) is 0 Å². The Hall–Kier alpha value is -2.29. The molecule has 5 heteroatoms. The minimum atomic E-state index is -0.184. The third-order valence-corrected chi connectivity index (χ3v) is 3.40. The van der Waals surface area contributed by atoms with Crippen molar-refractivity contribution >= 4 is 17.2 Å². The largest absolute Gasteiger partial charge is 0.492 e. The maximum atomic E-state index is 11.9. The molecule has 2 rings (SSSR count). The Kier molecular flexibility index (Phi) is 5.83. The van der Waals surface area contributed by atoms with E-state index in [9.17, 15) is 4.79 Å². The molecule has 0 aliphatic heterocycles. The molecule has 1 heterocycles. The summed E-state index contributed by atoms with van der Waals surface area (Å²) in [5, 5.41) is 13.1. The molecule has 0 fully saturated rings. The van der Waals surface area contributed by atoms with Gasteiger partial charge in [0.05, 0.1) is 17.0 Å². The van der Waals surface area contributed by atoms with Crippen molar-refractivity contribution in [2.45, 2.75) is 0 Å². The van der Waals surface area contributed by atoms with E-state index in [0.717, 1.165) is 10.6 Å². The molecule has 0 unspecified atom stereocenters. The fraction of sp³-hybridized carbons (Fsp3) is 0.188. The van der Waals surface area contributed by atoms with E-state index in [1.165, 1.54) is 11.3 Å². The molecule has 2 N–H and O–H groups in total. The highest BCUT2D eigenvalue weighted by Crippen LogP contribution is 2.13. The van der Waals surface area contributed by atoms with Gasteiger partial charge in [-0.15, -0.1) is 11.3 Å². The molecule has 0 atom stereocenters. The third kappa shape index (κ3) is 4.95. The average Bonchev–Trinajstić information content (AvgIpc) is 2.99. The summed E-state index contributed by atoms with van der Waals surface area (Å²) in [5.74, 6) is 5.95. The second-order valence-corrected chi connectivity index (χ2v) is 4.99. The van der Waals surface area contributed by atoms with E-state index in [-0.39, 0.29) is 12.5 Å². The number of rotatable bonds is 5. The van der Waals surface area contributed by atoms with E-state index in [4.69, 9.17) is 9.84 Å². The van der Waals surface area contributed by atoms with Crippen LogP contribution in [0.1, 0.15) is 15.2 Å². The van der Waals surface area contributed by atoms with E-state index in [2.05, 4.69) is 17.2 Å². The first-order chi connectivity index (χ1) is 10.3. The van der Waals surface area contributed by atoms with Gasteiger partial charge in [0, 0.05) is 5.38 Å². The summed E-state index contributed by atoms with van der Waals surface area (Å²) in [7, 11) is 0. The van der Waals surface area contributed by atoms with Crippen molar-refractivity contribution in [2.75, 3.05) is 19.8 Å². The van der Waals surface area contributed by atoms with Crippen LogP contribution in [0.2, 0.25) is 0 Å². The fourth-order valence-corrected chi connectivity index (χ4v) is 2.35. The Labute approximate surface area is 127 Å². The van der Waals surface area contributed by atoms with Crippen LogP contribution in [-0.2, 0) is 0 Å². The molecular weight excluding hydrogens is 286 g/mol. The number of thiophene rings is 1. The lowest BCUT2D eigenvalue weighted by Crippen LogP contribution is -2.27. The number of carbonyl (C=O) groups excluding carboxylic acids is 1. The summed E-state index contributed by atoms with van der Waals surface area (Å²) in [5.41, 5.74) is 0.571. The summed E-state index contributed by atoms with van der Waals surface area (Å²) < 4.78 is 5.49. The van der Waals surface area contributed by atoms with Crippen LogP contribution in [0.5, 0.6) is 5.75 Å². The zero-order valence-electron chi connectivity index (χ0n) is 11.3. The smallest absolute Gasteiger partial charge is 0.252 e. The standard InChI is InChI=1S/C16H15NO3S/c18-9-4-7-15-11-13(12-21-15)16(19)17-8-10-20-14-5-2-1-3-6-14/h1-3,5-6,11-12,18H,8-10H2,(H,17,19). The van der Waals surface area contributed by atoms with Gasteiger partial charge in [0.25, 0.3) is 5.91 Å². The molecule has 0 radical (unpaired) electrons. The number of aliphatic hydroxyl groups excluding tert-OH is 1. The number of aliphatic hydroxyl groups is 1. The zero-order valence-corrected chi connectivity index (χ0v) is 12.2. The van der Waals surface area contributed by atoms with Crippen LogP contribution in [-0.4, -0.2) is 30.8 Å². The predicted molar refractivity (Wildman–Crippen MR) is 82.6 cm³/mol.